The topological polar surface area (TPSA) is 92.9 Å². The SMILES string of the molecule is O=C1[C@@H](Oc2ccc([N+](=O)[O-])c(CO)c2)CCCN1c1ccccc1. The first-order valence-electron chi connectivity index (χ1n) is 8.01. The number of anilines is 1. The standard InChI is InChI=1S/C18H18N2O5/c21-12-13-11-15(8-9-16(13)20(23)24)25-17-7-4-10-19(18(17)22)14-5-2-1-3-6-14/h1-3,5-6,8-9,11,17,21H,4,7,10,12H2/t17-/m0/s1. The van der Waals surface area contributed by atoms with Gasteiger partial charge in [0.2, 0.25) is 0 Å². The number of aliphatic hydroxyl groups is 1. The molecule has 1 heterocycles. The maximum absolute atomic E-state index is 12.7. The zero-order valence-electron chi connectivity index (χ0n) is 13.5. The Morgan fingerprint density at radius 1 is 1.24 bits per heavy atom. The van der Waals surface area contributed by atoms with E-state index in [0.29, 0.717) is 18.7 Å². The highest BCUT2D eigenvalue weighted by atomic mass is 16.6. The summed E-state index contributed by atoms with van der Waals surface area (Å²) in [6.07, 6.45) is 0.723. The van der Waals surface area contributed by atoms with Crippen LogP contribution in [0.4, 0.5) is 11.4 Å². The van der Waals surface area contributed by atoms with Gasteiger partial charge in [-0.25, -0.2) is 0 Å². The number of carbonyl (C=O) groups excluding carboxylic acids is 1. The number of nitro benzene ring substituents is 1. The van der Waals surface area contributed by atoms with Crippen LogP contribution in [-0.2, 0) is 11.4 Å². The Labute approximate surface area is 144 Å². The summed E-state index contributed by atoms with van der Waals surface area (Å²) >= 11 is 0. The molecule has 7 heteroatoms. The minimum Gasteiger partial charge on any atom is -0.481 e. The van der Waals surface area contributed by atoms with Crippen LogP contribution in [0.1, 0.15) is 18.4 Å². The summed E-state index contributed by atoms with van der Waals surface area (Å²) in [6.45, 7) is 0.160. The average Bonchev–Trinajstić information content (AvgIpc) is 2.64. The van der Waals surface area contributed by atoms with Gasteiger partial charge in [0, 0.05) is 18.3 Å². The molecule has 1 amide bonds. The number of para-hydroxylation sites is 1. The summed E-state index contributed by atoms with van der Waals surface area (Å²) in [5.41, 5.74) is 0.807. The lowest BCUT2D eigenvalue weighted by molar-refractivity contribution is -0.385. The van der Waals surface area contributed by atoms with Crippen molar-refractivity contribution < 1.29 is 19.6 Å². The van der Waals surface area contributed by atoms with Gasteiger partial charge in [0.15, 0.2) is 6.10 Å². The molecule has 130 valence electrons. The second-order valence-corrected chi connectivity index (χ2v) is 5.78. The van der Waals surface area contributed by atoms with Gasteiger partial charge < -0.3 is 14.7 Å². The fourth-order valence-electron chi connectivity index (χ4n) is 2.92. The normalized spacial score (nSPS) is 17.4. The summed E-state index contributed by atoms with van der Waals surface area (Å²) in [5.74, 6) is 0.198. The van der Waals surface area contributed by atoms with E-state index in [2.05, 4.69) is 0 Å². The van der Waals surface area contributed by atoms with Gasteiger partial charge in [-0.1, -0.05) is 18.2 Å². The second kappa shape index (κ2) is 7.31. The van der Waals surface area contributed by atoms with Gasteiger partial charge in [0.1, 0.15) is 5.75 Å². The molecule has 0 aliphatic carbocycles. The predicted molar refractivity (Wildman–Crippen MR) is 91.5 cm³/mol. The average molecular weight is 342 g/mol. The number of aliphatic hydroxyl groups excluding tert-OH is 1. The van der Waals surface area contributed by atoms with Crippen LogP contribution >= 0.6 is 0 Å². The van der Waals surface area contributed by atoms with Crippen LogP contribution in [0.2, 0.25) is 0 Å². The highest BCUT2D eigenvalue weighted by Crippen LogP contribution is 2.28. The Morgan fingerprint density at radius 3 is 2.68 bits per heavy atom. The third kappa shape index (κ3) is 3.61. The highest BCUT2D eigenvalue weighted by Gasteiger charge is 2.31. The van der Waals surface area contributed by atoms with E-state index in [1.807, 2.05) is 30.3 Å². The van der Waals surface area contributed by atoms with E-state index in [0.717, 1.165) is 12.1 Å². The number of ether oxygens (including phenoxy) is 1. The van der Waals surface area contributed by atoms with Crippen molar-refractivity contribution in [1.82, 2.24) is 0 Å². The number of carbonyl (C=O) groups is 1. The summed E-state index contributed by atoms with van der Waals surface area (Å²) in [5, 5.41) is 20.2. The lowest BCUT2D eigenvalue weighted by Crippen LogP contribution is -2.46. The fraction of sp³-hybridized carbons (Fsp3) is 0.278. The fourth-order valence-corrected chi connectivity index (χ4v) is 2.92. The summed E-state index contributed by atoms with van der Waals surface area (Å²) in [7, 11) is 0. The second-order valence-electron chi connectivity index (χ2n) is 5.78. The zero-order chi connectivity index (χ0) is 17.8. The monoisotopic (exact) mass is 342 g/mol. The molecular formula is C18H18N2O5. The Balaban J connectivity index is 1.78. The van der Waals surface area contributed by atoms with Crippen LogP contribution in [0.5, 0.6) is 5.75 Å². The van der Waals surface area contributed by atoms with Crippen molar-refractivity contribution >= 4 is 17.3 Å². The Hall–Kier alpha value is -2.93. The van der Waals surface area contributed by atoms with E-state index in [9.17, 15) is 20.0 Å². The molecule has 1 aliphatic rings. The van der Waals surface area contributed by atoms with Gasteiger partial charge in [-0.05, 0) is 37.1 Å². The van der Waals surface area contributed by atoms with Crippen LogP contribution < -0.4 is 9.64 Å². The van der Waals surface area contributed by atoms with E-state index in [1.165, 1.54) is 18.2 Å². The Bertz CT molecular complexity index is 778. The summed E-state index contributed by atoms with van der Waals surface area (Å²) in [4.78, 5) is 24.8. The van der Waals surface area contributed by atoms with Crippen molar-refractivity contribution in [3.8, 4) is 5.75 Å². The highest BCUT2D eigenvalue weighted by molar-refractivity contribution is 5.97. The van der Waals surface area contributed by atoms with Crippen molar-refractivity contribution in [2.75, 3.05) is 11.4 Å². The smallest absolute Gasteiger partial charge is 0.275 e. The van der Waals surface area contributed by atoms with Crippen molar-refractivity contribution in [3.05, 3.63) is 64.2 Å². The van der Waals surface area contributed by atoms with E-state index < -0.39 is 17.6 Å². The van der Waals surface area contributed by atoms with Gasteiger partial charge in [-0.2, -0.15) is 0 Å². The van der Waals surface area contributed by atoms with Gasteiger partial charge in [0.05, 0.1) is 17.1 Å². The van der Waals surface area contributed by atoms with Crippen molar-refractivity contribution in [3.63, 3.8) is 0 Å². The Morgan fingerprint density at radius 2 is 2.00 bits per heavy atom. The van der Waals surface area contributed by atoms with Crippen LogP contribution in [0.15, 0.2) is 48.5 Å². The molecule has 25 heavy (non-hydrogen) atoms. The lowest BCUT2D eigenvalue weighted by Gasteiger charge is -2.32. The van der Waals surface area contributed by atoms with Crippen LogP contribution in [0, 0.1) is 10.1 Å². The molecule has 2 aromatic carbocycles. The third-order valence-corrected chi connectivity index (χ3v) is 4.15. The van der Waals surface area contributed by atoms with Gasteiger partial charge in [-0.15, -0.1) is 0 Å². The molecule has 1 fully saturated rings. The molecule has 1 N–H and O–H groups in total. The van der Waals surface area contributed by atoms with E-state index in [1.54, 1.807) is 4.90 Å². The quantitative estimate of drug-likeness (QED) is 0.666. The lowest BCUT2D eigenvalue weighted by atomic mass is 10.1. The number of nitro groups is 1. The van der Waals surface area contributed by atoms with Gasteiger partial charge >= 0.3 is 0 Å². The molecule has 2 aromatic rings. The minimum absolute atomic E-state index is 0.138. The van der Waals surface area contributed by atoms with Crippen molar-refractivity contribution in [2.24, 2.45) is 0 Å². The summed E-state index contributed by atoms with van der Waals surface area (Å²) in [6, 6.07) is 13.5. The number of rotatable bonds is 5. The van der Waals surface area contributed by atoms with Gasteiger partial charge in [-0.3, -0.25) is 14.9 Å². The van der Waals surface area contributed by atoms with E-state index in [-0.39, 0.29) is 17.2 Å². The number of piperidine rings is 1. The number of amides is 1. The Kier molecular flexibility index (Phi) is 4.95. The van der Waals surface area contributed by atoms with Crippen molar-refractivity contribution in [1.29, 1.82) is 0 Å². The first-order chi connectivity index (χ1) is 12.1. The number of benzene rings is 2. The summed E-state index contributed by atoms with van der Waals surface area (Å²) < 4.78 is 5.77. The maximum Gasteiger partial charge on any atom is 0.275 e. The maximum atomic E-state index is 12.7. The molecule has 7 nitrogen and oxygen atoms in total. The molecule has 0 radical (unpaired) electrons. The third-order valence-electron chi connectivity index (χ3n) is 4.15. The predicted octanol–water partition coefficient (Wildman–Crippen LogP) is 2.66. The first kappa shape index (κ1) is 16.9. The van der Waals surface area contributed by atoms with Crippen LogP contribution in [0.3, 0.4) is 0 Å². The molecular weight excluding hydrogens is 324 g/mol. The molecule has 0 aromatic heterocycles. The molecule has 0 bridgehead atoms. The molecule has 3 rings (SSSR count). The minimum atomic E-state index is -0.651. The molecule has 1 atom stereocenters. The molecule has 0 unspecified atom stereocenters. The molecule has 0 saturated carbocycles. The number of hydrogen-bond acceptors (Lipinski definition) is 5. The van der Waals surface area contributed by atoms with Crippen LogP contribution in [-0.4, -0.2) is 28.6 Å². The molecule has 1 aliphatic heterocycles. The molecule has 1 saturated heterocycles. The van der Waals surface area contributed by atoms with Gasteiger partial charge in [0.25, 0.3) is 11.6 Å². The number of nitrogens with zero attached hydrogens (tertiary/aromatic N) is 2. The first-order valence-corrected chi connectivity index (χ1v) is 8.01. The largest absolute Gasteiger partial charge is 0.481 e. The zero-order valence-corrected chi connectivity index (χ0v) is 13.5. The van der Waals surface area contributed by atoms with E-state index in [4.69, 9.17) is 4.74 Å². The molecule has 0 spiro atoms. The number of hydrogen-bond donors (Lipinski definition) is 1. The van der Waals surface area contributed by atoms with E-state index >= 15 is 0 Å². The van der Waals surface area contributed by atoms with Crippen molar-refractivity contribution in [2.45, 2.75) is 25.6 Å². The van der Waals surface area contributed by atoms with Crippen LogP contribution in [0.25, 0.3) is 0 Å².